The Morgan fingerprint density at radius 3 is 2.25 bits per heavy atom. The number of aromatic nitrogens is 5. The van der Waals surface area contributed by atoms with Crippen molar-refractivity contribution in [1.82, 2.24) is 24.9 Å². The molecule has 0 saturated heterocycles. The van der Waals surface area contributed by atoms with E-state index in [1.54, 1.807) is 11.8 Å². The lowest BCUT2D eigenvalue weighted by Gasteiger charge is -2.10. The Hall–Kier alpha value is -2.93. The van der Waals surface area contributed by atoms with Gasteiger partial charge in [0.1, 0.15) is 0 Å². The Morgan fingerprint density at radius 1 is 0.929 bits per heavy atom. The van der Waals surface area contributed by atoms with E-state index in [9.17, 15) is 0 Å². The molecule has 0 unspecified atom stereocenters. The number of benzene rings is 2. The second-order valence-corrected chi connectivity index (χ2v) is 7.53. The minimum Gasteiger partial charge on any atom is -0.339 e. The Bertz CT molecular complexity index is 1070. The summed E-state index contributed by atoms with van der Waals surface area (Å²) in [7, 11) is 0. The summed E-state index contributed by atoms with van der Waals surface area (Å²) in [6.45, 7) is 6.14. The molecule has 0 saturated carbocycles. The van der Waals surface area contributed by atoms with Crippen LogP contribution < -0.4 is 0 Å². The molecule has 0 aliphatic carbocycles. The highest BCUT2D eigenvalue weighted by molar-refractivity contribution is 7.98. The number of hydrogen-bond acceptors (Lipinski definition) is 6. The van der Waals surface area contributed by atoms with Gasteiger partial charge in [0.15, 0.2) is 16.8 Å². The zero-order valence-corrected chi connectivity index (χ0v) is 16.9. The molecular formula is C21H21N5OS. The third-order valence-corrected chi connectivity index (χ3v) is 5.30. The van der Waals surface area contributed by atoms with Crippen molar-refractivity contribution in [2.45, 2.75) is 38.1 Å². The van der Waals surface area contributed by atoms with Crippen LogP contribution in [0.3, 0.4) is 0 Å². The highest BCUT2D eigenvalue weighted by Gasteiger charge is 2.17. The lowest BCUT2D eigenvalue weighted by molar-refractivity contribution is 0.378. The summed E-state index contributed by atoms with van der Waals surface area (Å²) in [5.41, 5.74) is 4.47. The van der Waals surface area contributed by atoms with Crippen LogP contribution >= 0.6 is 11.8 Å². The molecule has 2 heterocycles. The average Bonchev–Trinajstić information content (AvgIpc) is 3.34. The largest absolute Gasteiger partial charge is 0.339 e. The monoisotopic (exact) mass is 391 g/mol. The molecule has 0 atom stereocenters. The summed E-state index contributed by atoms with van der Waals surface area (Å²) in [6, 6.07) is 16.7. The lowest BCUT2D eigenvalue weighted by Crippen LogP contribution is -2.00. The van der Waals surface area contributed by atoms with Crippen molar-refractivity contribution in [3.63, 3.8) is 0 Å². The van der Waals surface area contributed by atoms with E-state index in [-0.39, 0.29) is 0 Å². The minimum atomic E-state index is 0.571. The normalized spacial score (nSPS) is 11.1. The minimum absolute atomic E-state index is 0.571. The van der Waals surface area contributed by atoms with Crippen LogP contribution in [0.1, 0.15) is 29.8 Å². The fourth-order valence-electron chi connectivity index (χ4n) is 2.80. The second-order valence-electron chi connectivity index (χ2n) is 6.59. The van der Waals surface area contributed by atoms with Crippen LogP contribution in [0.15, 0.2) is 58.2 Å². The maximum Gasteiger partial charge on any atom is 0.226 e. The van der Waals surface area contributed by atoms with Crippen LogP contribution in [0.5, 0.6) is 0 Å². The van der Waals surface area contributed by atoms with Gasteiger partial charge in [0, 0.05) is 17.7 Å². The first-order valence-corrected chi connectivity index (χ1v) is 10.2. The zero-order chi connectivity index (χ0) is 19.5. The molecule has 0 aliphatic heterocycles. The maximum absolute atomic E-state index is 5.20. The molecule has 4 aromatic rings. The Morgan fingerprint density at radius 2 is 1.61 bits per heavy atom. The Kier molecular flexibility index (Phi) is 5.25. The quantitative estimate of drug-likeness (QED) is 0.440. The van der Waals surface area contributed by atoms with Crippen molar-refractivity contribution in [3.8, 4) is 17.1 Å². The van der Waals surface area contributed by atoms with Gasteiger partial charge in [-0.15, -0.1) is 10.2 Å². The van der Waals surface area contributed by atoms with Crippen LogP contribution in [0.2, 0.25) is 0 Å². The van der Waals surface area contributed by atoms with Crippen LogP contribution in [-0.2, 0) is 12.2 Å². The molecule has 0 aliphatic rings. The van der Waals surface area contributed by atoms with E-state index in [0.717, 1.165) is 28.7 Å². The van der Waals surface area contributed by atoms with Crippen molar-refractivity contribution in [2.24, 2.45) is 0 Å². The first-order valence-electron chi connectivity index (χ1n) is 9.18. The summed E-state index contributed by atoms with van der Waals surface area (Å²) in [4.78, 5) is 4.38. The molecule has 0 amide bonds. The standard InChI is InChI=1S/C21H21N5OS/c1-4-19-22-18(25-27-19)13-28-21-24-23-20(16-9-5-14(2)6-10-16)26(21)17-11-7-15(3)8-12-17/h5-12H,4,13H2,1-3H3. The van der Waals surface area contributed by atoms with Crippen LogP contribution in [0.4, 0.5) is 0 Å². The lowest BCUT2D eigenvalue weighted by atomic mass is 10.1. The van der Waals surface area contributed by atoms with E-state index in [0.29, 0.717) is 17.5 Å². The molecule has 7 heteroatoms. The van der Waals surface area contributed by atoms with Gasteiger partial charge in [-0.25, -0.2) is 0 Å². The molecule has 4 rings (SSSR count). The van der Waals surface area contributed by atoms with E-state index in [4.69, 9.17) is 4.52 Å². The van der Waals surface area contributed by atoms with E-state index in [2.05, 4.69) is 87.3 Å². The van der Waals surface area contributed by atoms with Crippen LogP contribution in [0, 0.1) is 13.8 Å². The second kappa shape index (κ2) is 7.98. The van der Waals surface area contributed by atoms with Gasteiger partial charge < -0.3 is 4.52 Å². The smallest absolute Gasteiger partial charge is 0.226 e. The predicted molar refractivity (Wildman–Crippen MR) is 110 cm³/mol. The maximum atomic E-state index is 5.20. The fourth-order valence-corrected chi connectivity index (χ4v) is 3.60. The molecule has 0 fully saturated rings. The molecule has 0 spiro atoms. The topological polar surface area (TPSA) is 69.6 Å². The molecule has 28 heavy (non-hydrogen) atoms. The highest BCUT2D eigenvalue weighted by atomic mass is 32.2. The highest BCUT2D eigenvalue weighted by Crippen LogP contribution is 2.29. The predicted octanol–water partition coefficient (Wildman–Crippen LogP) is 4.79. The number of nitrogens with zero attached hydrogens (tertiary/aromatic N) is 5. The molecule has 0 radical (unpaired) electrons. The molecule has 0 bridgehead atoms. The van der Waals surface area contributed by atoms with E-state index < -0.39 is 0 Å². The zero-order valence-electron chi connectivity index (χ0n) is 16.1. The number of thioether (sulfide) groups is 1. The molecule has 0 N–H and O–H groups in total. The van der Waals surface area contributed by atoms with Gasteiger partial charge in [-0.2, -0.15) is 4.98 Å². The van der Waals surface area contributed by atoms with Gasteiger partial charge in [0.2, 0.25) is 5.89 Å². The number of rotatable bonds is 6. The van der Waals surface area contributed by atoms with Gasteiger partial charge >= 0.3 is 0 Å². The molecule has 2 aromatic carbocycles. The molecule has 2 aromatic heterocycles. The summed E-state index contributed by atoms with van der Waals surface area (Å²) in [5.74, 6) is 2.70. The summed E-state index contributed by atoms with van der Waals surface area (Å²) < 4.78 is 7.28. The van der Waals surface area contributed by atoms with Gasteiger partial charge in [0.25, 0.3) is 0 Å². The summed E-state index contributed by atoms with van der Waals surface area (Å²) in [5, 5.41) is 13.7. The number of hydrogen-bond donors (Lipinski definition) is 0. The van der Waals surface area contributed by atoms with Crippen molar-refractivity contribution in [3.05, 3.63) is 71.4 Å². The Labute approximate surface area is 168 Å². The van der Waals surface area contributed by atoms with Gasteiger partial charge in [0.05, 0.1) is 5.75 Å². The van der Waals surface area contributed by atoms with Crippen LogP contribution in [-0.4, -0.2) is 24.9 Å². The third-order valence-electron chi connectivity index (χ3n) is 4.38. The van der Waals surface area contributed by atoms with E-state index >= 15 is 0 Å². The van der Waals surface area contributed by atoms with Gasteiger partial charge in [-0.1, -0.05) is 71.4 Å². The summed E-state index contributed by atoms with van der Waals surface area (Å²) in [6.07, 6.45) is 0.731. The van der Waals surface area contributed by atoms with Crippen molar-refractivity contribution in [2.75, 3.05) is 0 Å². The first-order chi connectivity index (χ1) is 13.6. The third kappa shape index (κ3) is 3.84. The first kappa shape index (κ1) is 18.4. The van der Waals surface area contributed by atoms with E-state index in [1.165, 1.54) is 11.1 Å². The van der Waals surface area contributed by atoms with Crippen LogP contribution in [0.25, 0.3) is 17.1 Å². The van der Waals surface area contributed by atoms with Gasteiger partial charge in [-0.3, -0.25) is 4.57 Å². The molecule has 6 nitrogen and oxygen atoms in total. The number of aryl methyl sites for hydroxylation is 3. The van der Waals surface area contributed by atoms with Crippen molar-refractivity contribution >= 4 is 11.8 Å². The van der Waals surface area contributed by atoms with Crippen molar-refractivity contribution in [1.29, 1.82) is 0 Å². The molecule has 142 valence electrons. The average molecular weight is 392 g/mol. The van der Waals surface area contributed by atoms with E-state index in [1.807, 2.05) is 6.92 Å². The molecular weight excluding hydrogens is 370 g/mol. The summed E-state index contributed by atoms with van der Waals surface area (Å²) >= 11 is 1.55. The SMILES string of the molecule is CCc1nc(CSc2nnc(-c3ccc(C)cc3)n2-c2ccc(C)cc2)no1. The Balaban J connectivity index is 1.71. The van der Waals surface area contributed by atoms with Crippen molar-refractivity contribution < 1.29 is 4.52 Å². The fraction of sp³-hybridized carbons (Fsp3) is 0.238. The van der Waals surface area contributed by atoms with Gasteiger partial charge in [-0.05, 0) is 26.0 Å².